The number of rotatable bonds is 6. The van der Waals surface area contributed by atoms with Crippen LogP contribution in [-0.4, -0.2) is 44.2 Å². The molecule has 2 saturated heterocycles. The summed E-state index contributed by atoms with van der Waals surface area (Å²) in [7, 11) is 4.07. The highest BCUT2D eigenvalue weighted by Gasteiger charge is 2.51. The fourth-order valence-electron chi connectivity index (χ4n) is 6.09. The van der Waals surface area contributed by atoms with Crippen LogP contribution < -0.4 is 9.64 Å². The zero-order chi connectivity index (χ0) is 22.2. The van der Waals surface area contributed by atoms with Gasteiger partial charge in [0.25, 0.3) is 0 Å². The Morgan fingerprint density at radius 3 is 2.09 bits per heavy atom. The summed E-state index contributed by atoms with van der Waals surface area (Å²) in [5, 5.41) is 0. The summed E-state index contributed by atoms with van der Waals surface area (Å²) >= 11 is 0. The molecule has 3 aromatic rings. The van der Waals surface area contributed by atoms with Crippen molar-refractivity contribution in [1.29, 1.82) is 0 Å². The Labute approximate surface area is 192 Å². The van der Waals surface area contributed by atoms with Crippen LogP contribution in [-0.2, 0) is 0 Å². The van der Waals surface area contributed by atoms with Crippen molar-refractivity contribution in [3.8, 4) is 5.75 Å². The summed E-state index contributed by atoms with van der Waals surface area (Å²) in [6.07, 6.45) is 1.27. The highest BCUT2D eigenvalue weighted by Crippen LogP contribution is 2.47. The molecule has 3 nitrogen and oxygen atoms in total. The van der Waals surface area contributed by atoms with Crippen LogP contribution in [0.2, 0.25) is 0 Å². The van der Waals surface area contributed by atoms with Crippen LogP contribution in [0.3, 0.4) is 0 Å². The smallest absolute Gasteiger partial charge is 0.142 e. The quantitative estimate of drug-likeness (QED) is 0.506. The van der Waals surface area contributed by atoms with Gasteiger partial charge < -0.3 is 9.64 Å². The summed E-state index contributed by atoms with van der Waals surface area (Å²) in [5.74, 6) is 1.99. The summed E-state index contributed by atoms with van der Waals surface area (Å²) in [6, 6.07) is 27.5. The van der Waals surface area contributed by atoms with Crippen molar-refractivity contribution in [2.24, 2.45) is 5.92 Å². The molecule has 4 atom stereocenters. The maximum Gasteiger partial charge on any atom is 0.142 e. The minimum Gasteiger partial charge on any atom is -0.495 e. The fraction of sp³-hybridized carbons (Fsp3) is 0.379. The SMILES string of the molecule is COc1cc(C)c(C)cc1N(C)[C@H]1[C@H]2CCN(C2)[C@H]1C(c1ccccc1)c1ccccc1. The molecular weight excluding hydrogens is 392 g/mol. The molecule has 3 heteroatoms. The van der Waals surface area contributed by atoms with E-state index in [1.54, 1.807) is 7.11 Å². The average Bonchev–Trinajstić information content (AvgIpc) is 3.44. The van der Waals surface area contributed by atoms with E-state index in [9.17, 15) is 0 Å². The molecule has 0 spiro atoms. The lowest BCUT2D eigenvalue weighted by atomic mass is 9.78. The van der Waals surface area contributed by atoms with Crippen molar-refractivity contribution in [2.45, 2.75) is 38.3 Å². The number of fused-ring (bicyclic) bond motifs is 2. The van der Waals surface area contributed by atoms with Gasteiger partial charge in [0.15, 0.2) is 0 Å². The highest BCUT2D eigenvalue weighted by molar-refractivity contribution is 5.63. The van der Waals surface area contributed by atoms with Gasteiger partial charge >= 0.3 is 0 Å². The Balaban J connectivity index is 1.60. The molecule has 5 rings (SSSR count). The first-order valence-electron chi connectivity index (χ1n) is 11.8. The first kappa shape index (κ1) is 21.1. The molecule has 2 bridgehead atoms. The van der Waals surface area contributed by atoms with Gasteiger partial charge in [-0.05, 0) is 67.1 Å². The average molecular weight is 427 g/mol. The van der Waals surface area contributed by atoms with E-state index < -0.39 is 0 Å². The van der Waals surface area contributed by atoms with Crippen molar-refractivity contribution in [1.82, 2.24) is 4.90 Å². The van der Waals surface area contributed by atoms with Gasteiger partial charge in [-0.15, -0.1) is 0 Å². The molecule has 0 amide bonds. The highest BCUT2D eigenvalue weighted by atomic mass is 16.5. The van der Waals surface area contributed by atoms with Gasteiger partial charge in [-0.25, -0.2) is 0 Å². The minimum atomic E-state index is 0.340. The van der Waals surface area contributed by atoms with Crippen molar-refractivity contribution < 1.29 is 4.74 Å². The van der Waals surface area contributed by atoms with Crippen LogP contribution in [0.4, 0.5) is 5.69 Å². The van der Waals surface area contributed by atoms with E-state index in [1.165, 1.54) is 47.5 Å². The predicted molar refractivity (Wildman–Crippen MR) is 133 cm³/mol. The molecule has 32 heavy (non-hydrogen) atoms. The molecule has 0 radical (unpaired) electrons. The lowest BCUT2D eigenvalue weighted by Crippen LogP contribution is -2.52. The number of anilines is 1. The first-order valence-corrected chi connectivity index (χ1v) is 11.8. The Kier molecular flexibility index (Phi) is 5.69. The summed E-state index contributed by atoms with van der Waals surface area (Å²) < 4.78 is 5.85. The third-order valence-corrected chi connectivity index (χ3v) is 7.79. The molecule has 2 heterocycles. The molecule has 0 N–H and O–H groups in total. The van der Waals surface area contributed by atoms with E-state index >= 15 is 0 Å². The number of nitrogens with zero attached hydrogens (tertiary/aromatic N) is 2. The molecule has 0 aromatic heterocycles. The lowest BCUT2D eigenvalue weighted by molar-refractivity contribution is 0.216. The number of benzene rings is 3. The van der Waals surface area contributed by atoms with E-state index in [0.717, 1.165) is 5.75 Å². The summed E-state index contributed by atoms with van der Waals surface area (Å²) in [5.41, 5.74) is 6.61. The second-order valence-corrected chi connectivity index (χ2v) is 9.54. The number of likely N-dealkylation sites (N-methyl/N-ethyl adjacent to an activating group) is 1. The number of hydrogen-bond acceptors (Lipinski definition) is 3. The number of hydrogen-bond donors (Lipinski definition) is 0. The van der Waals surface area contributed by atoms with Gasteiger partial charge in [0.2, 0.25) is 0 Å². The van der Waals surface area contributed by atoms with Crippen LogP contribution >= 0.6 is 0 Å². The molecule has 2 fully saturated rings. The summed E-state index contributed by atoms with van der Waals surface area (Å²) in [6.45, 7) is 6.74. The second kappa shape index (κ2) is 8.63. The monoisotopic (exact) mass is 426 g/mol. The van der Waals surface area contributed by atoms with E-state index in [4.69, 9.17) is 4.74 Å². The van der Waals surface area contributed by atoms with Gasteiger partial charge in [-0.2, -0.15) is 0 Å². The maximum absolute atomic E-state index is 5.85. The van der Waals surface area contributed by atoms with Crippen molar-refractivity contribution >= 4 is 5.69 Å². The van der Waals surface area contributed by atoms with Crippen molar-refractivity contribution in [2.75, 3.05) is 32.1 Å². The normalized spacial score (nSPS) is 24.2. The van der Waals surface area contributed by atoms with Crippen LogP contribution in [0.25, 0.3) is 0 Å². The fourth-order valence-corrected chi connectivity index (χ4v) is 6.09. The van der Waals surface area contributed by atoms with Crippen LogP contribution in [0.5, 0.6) is 5.75 Å². The Hall–Kier alpha value is -2.78. The van der Waals surface area contributed by atoms with Gasteiger partial charge in [-0.3, -0.25) is 4.90 Å². The van der Waals surface area contributed by atoms with Gasteiger partial charge in [0, 0.05) is 31.6 Å². The molecule has 2 aliphatic rings. The largest absolute Gasteiger partial charge is 0.495 e. The maximum atomic E-state index is 5.85. The first-order chi connectivity index (χ1) is 15.6. The third-order valence-electron chi connectivity index (χ3n) is 7.79. The number of piperidine rings is 1. The molecular formula is C29H34N2O. The summed E-state index contributed by atoms with van der Waals surface area (Å²) in [4.78, 5) is 5.27. The van der Waals surface area contributed by atoms with Crippen LogP contribution in [0, 0.1) is 19.8 Å². The van der Waals surface area contributed by atoms with Gasteiger partial charge in [-0.1, -0.05) is 60.7 Å². The van der Waals surface area contributed by atoms with Gasteiger partial charge in [0.05, 0.1) is 12.8 Å². The number of aryl methyl sites for hydroxylation is 2. The number of methoxy groups -OCH3 is 1. The van der Waals surface area contributed by atoms with E-state index in [1.807, 2.05) is 0 Å². The second-order valence-electron chi connectivity index (χ2n) is 9.54. The topological polar surface area (TPSA) is 15.7 Å². The molecule has 0 saturated carbocycles. The zero-order valence-corrected chi connectivity index (χ0v) is 19.7. The molecule has 2 aliphatic heterocycles. The van der Waals surface area contributed by atoms with E-state index in [-0.39, 0.29) is 0 Å². The van der Waals surface area contributed by atoms with E-state index in [2.05, 4.69) is 103 Å². The van der Waals surface area contributed by atoms with Crippen molar-refractivity contribution in [3.63, 3.8) is 0 Å². The molecule has 166 valence electrons. The molecule has 1 unspecified atom stereocenters. The van der Waals surface area contributed by atoms with Crippen LogP contribution in [0.15, 0.2) is 72.8 Å². The third kappa shape index (κ3) is 3.59. The Bertz CT molecular complexity index is 1030. The van der Waals surface area contributed by atoms with E-state index in [0.29, 0.717) is 23.9 Å². The Morgan fingerprint density at radius 2 is 1.50 bits per heavy atom. The van der Waals surface area contributed by atoms with Gasteiger partial charge in [0.1, 0.15) is 5.75 Å². The van der Waals surface area contributed by atoms with Crippen LogP contribution in [0.1, 0.15) is 34.6 Å². The Morgan fingerprint density at radius 1 is 0.906 bits per heavy atom. The molecule has 3 aromatic carbocycles. The standard InChI is InChI=1S/C29H34N2O/c1-20-17-25(26(32-4)18-21(20)2)30(3)28-24-15-16-31(19-24)29(28)27(22-11-7-5-8-12-22)23-13-9-6-10-14-23/h5-14,17-18,24,27-29H,15-16,19H2,1-4H3/t24-,28-,29-/m0/s1. The minimum absolute atomic E-state index is 0.340. The lowest BCUT2D eigenvalue weighted by Gasteiger charge is -2.44. The molecule has 0 aliphatic carbocycles. The number of ether oxygens (including phenoxy) is 1. The predicted octanol–water partition coefficient (Wildman–Crippen LogP) is 5.65. The van der Waals surface area contributed by atoms with Crippen molar-refractivity contribution in [3.05, 3.63) is 95.1 Å². The zero-order valence-electron chi connectivity index (χ0n) is 19.7.